The van der Waals surface area contributed by atoms with E-state index in [1.165, 1.54) is 0 Å². The topological polar surface area (TPSA) is 109 Å². The molecule has 0 atom stereocenters. The molecule has 106 valence electrons. The summed E-state index contributed by atoms with van der Waals surface area (Å²) < 4.78 is 29.8. The molecule has 0 bridgehead atoms. The second kappa shape index (κ2) is 6.49. The number of rotatable bonds is 6. The predicted molar refractivity (Wildman–Crippen MR) is 68.7 cm³/mol. The highest BCUT2D eigenvalue weighted by molar-refractivity contribution is 7.85. The molecule has 1 amide bonds. The van der Waals surface area contributed by atoms with Crippen LogP contribution in [-0.2, 0) is 14.9 Å². The Kier molecular flexibility index (Phi) is 5.55. The van der Waals surface area contributed by atoms with Crippen LogP contribution in [0.4, 0.5) is 0 Å². The Morgan fingerprint density at radius 3 is 2.22 bits per heavy atom. The molecule has 0 saturated heterocycles. The zero-order valence-corrected chi connectivity index (χ0v) is 11.3. The molecule has 18 heavy (non-hydrogen) atoms. The molecule has 4 N–H and O–H groups in total. The molecule has 0 spiro atoms. The molecule has 1 aliphatic rings. The van der Waals surface area contributed by atoms with Gasteiger partial charge in [0.25, 0.3) is 10.1 Å². The van der Waals surface area contributed by atoms with E-state index in [9.17, 15) is 13.2 Å². The van der Waals surface area contributed by atoms with Crippen LogP contribution in [0.15, 0.2) is 0 Å². The highest BCUT2D eigenvalue weighted by Crippen LogP contribution is 2.26. The number of nitrogens with one attached hydrogen (secondary N) is 1. The number of nitrogens with two attached hydrogens (primary N) is 1. The van der Waals surface area contributed by atoms with Crippen LogP contribution in [0.5, 0.6) is 0 Å². The maximum absolute atomic E-state index is 11.6. The lowest BCUT2D eigenvalue weighted by Crippen LogP contribution is -2.55. The van der Waals surface area contributed by atoms with Crippen molar-refractivity contribution in [3.05, 3.63) is 0 Å². The fraction of sp³-hybridized carbons (Fsp3) is 0.909. The molecule has 1 rings (SSSR count). The smallest absolute Gasteiger partial charge is 0.264 e. The molecule has 0 aliphatic heterocycles. The quantitative estimate of drug-likeness (QED) is 0.371. The van der Waals surface area contributed by atoms with Crippen LogP contribution in [-0.4, -0.2) is 36.7 Å². The minimum atomic E-state index is -3.93. The Hall–Kier alpha value is -0.660. The number of carbonyl (C=O) groups is 1. The van der Waals surface area contributed by atoms with Gasteiger partial charge in [0.05, 0.1) is 11.3 Å². The zero-order valence-electron chi connectivity index (χ0n) is 10.5. The van der Waals surface area contributed by atoms with Gasteiger partial charge in [-0.05, 0) is 25.8 Å². The minimum Gasteiger partial charge on any atom is -0.368 e. The molecular weight excluding hydrogens is 256 g/mol. The van der Waals surface area contributed by atoms with Crippen molar-refractivity contribution in [3.63, 3.8) is 0 Å². The largest absolute Gasteiger partial charge is 0.368 e. The molecule has 0 aromatic carbocycles. The zero-order chi connectivity index (χ0) is 13.6. The summed E-state index contributed by atoms with van der Waals surface area (Å²) in [7, 11) is -3.93. The SMILES string of the molecule is NC(=O)C1(NCCCS(=O)(=O)O)CCCCCC1. The molecule has 0 unspecified atom stereocenters. The first-order valence-electron chi connectivity index (χ1n) is 6.36. The van der Waals surface area contributed by atoms with Crippen LogP contribution in [0.3, 0.4) is 0 Å². The standard InChI is InChI=1S/C11H22N2O4S/c12-10(14)11(6-3-1-2-4-7-11)13-8-5-9-18(15,16)17/h13H,1-9H2,(H2,12,14)(H,15,16,17). The van der Waals surface area contributed by atoms with Gasteiger partial charge in [0.1, 0.15) is 0 Å². The summed E-state index contributed by atoms with van der Waals surface area (Å²) in [5.74, 6) is -0.661. The van der Waals surface area contributed by atoms with E-state index in [1.54, 1.807) is 0 Å². The van der Waals surface area contributed by atoms with E-state index in [0.717, 1.165) is 25.7 Å². The van der Waals surface area contributed by atoms with Crippen molar-refractivity contribution in [1.82, 2.24) is 5.32 Å². The summed E-state index contributed by atoms with van der Waals surface area (Å²) in [5, 5.41) is 3.10. The van der Waals surface area contributed by atoms with Crippen molar-refractivity contribution in [2.24, 2.45) is 5.73 Å². The highest BCUT2D eigenvalue weighted by atomic mass is 32.2. The van der Waals surface area contributed by atoms with Gasteiger partial charge in [-0.2, -0.15) is 8.42 Å². The first-order chi connectivity index (χ1) is 8.36. The summed E-state index contributed by atoms with van der Waals surface area (Å²) >= 11 is 0. The molecule has 0 aromatic heterocycles. The van der Waals surface area contributed by atoms with Crippen molar-refractivity contribution in [2.45, 2.75) is 50.5 Å². The summed E-state index contributed by atoms with van der Waals surface area (Å²) in [6.07, 6.45) is 5.78. The van der Waals surface area contributed by atoms with Crippen molar-refractivity contribution in [1.29, 1.82) is 0 Å². The highest BCUT2D eigenvalue weighted by Gasteiger charge is 2.35. The summed E-state index contributed by atoms with van der Waals surface area (Å²) in [4.78, 5) is 11.6. The monoisotopic (exact) mass is 278 g/mol. The van der Waals surface area contributed by atoms with Gasteiger partial charge in [0.15, 0.2) is 0 Å². The van der Waals surface area contributed by atoms with Crippen molar-refractivity contribution in [2.75, 3.05) is 12.3 Å². The minimum absolute atomic E-state index is 0.272. The fourth-order valence-electron chi connectivity index (χ4n) is 2.42. The van der Waals surface area contributed by atoms with E-state index in [2.05, 4.69) is 5.32 Å². The third-order valence-electron chi connectivity index (χ3n) is 3.47. The number of primary amides is 1. The van der Waals surface area contributed by atoms with E-state index in [4.69, 9.17) is 10.3 Å². The van der Waals surface area contributed by atoms with Crippen LogP contribution in [0, 0.1) is 0 Å². The summed E-state index contributed by atoms with van der Waals surface area (Å²) in [6.45, 7) is 0.364. The Morgan fingerprint density at radius 1 is 1.22 bits per heavy atom. The molecule has 1 saturated carbocycles. The van der Waals surface area contributed by atoms with Gasteiger partial charge in [-0.3, -0.25) is 9.35 Å². The first kappa shape index (κ1) is 15.4. The van der Waals surface area contributed by atoms with Crippen molar-refractivity contribution >= 4 is 16.0 Å². The molecule has 0 radical (unpaired) electrons. The molecule has 7 heteroatoms. The number of hydrogen-bond acceptors (Lipinski definition) is 4. The van der Waals surface area contributed by atoms with Crippen LogP contribution in [0.25, 0.3) is 0 Å². The predicted octanol–water partition coefficient (Wildman–Crippen LogP) is 0.432. The lowest BCUT2D eigenvalue weighted by atomic mass is 9.89. The Labute approximate surface area is 108 Å². The van der Waals surface area contributed by atoms with E-state index >= 15 is 0 Å². The first-order valence-corrected chi connectivity index (χ1v) is 7.97. The maximum Gasteiger partial charge on any atom is 0.264 e. The molecule has 6 nitrogen and oxygen atoms in total. The van der Waals surface area contributed by atoms with Crippen LogP contribution >= 0.6 is 0 Å². The second-order valence-corrected chi connectivity index (χ2v) is 6.50. The molecular formula is C11H22N2O4S. The number of hydrogen-bond donors (Lipinski definition) is 3. The average Bonchev–Trinajstić information content (AvgIpc) is 2.49. The molecule has 0 heterocycles. The Balaban J connectivity index is 2.49. The van der Waals surface area contributed by atoms with Gasteiger partial charge in [-0.15, -0.1) is 0 Å². The fourth-order valence-corrected chi connectivity index (χ4v) is 2.93. The van der Waals surface area contributed by atoms with E-state index < -0.39 is 15.7 Å². The average molecular weight is 278 g/mol. The summed E-state index contributed by atoms with van der Waals surface area (Å²) in [5.41, 5.74) is 4.77. The Bertz CT molecular complexity index is 373. The van der Waals surface area contributed by atoms with E-state index in [-0.39, 0.29) is 18.1 Å². The number of carbonyl (C=O) groups excluding carboxylic acids is 1. The van der Waals surface area contributed by atoms with Gasteiger partial charge in [-0.1, -0.05) is 25.7 Å². The third kappa shape index (κ3) is 4.91. The second-order valence-electron chi connectivity index (χ2n) is 4.93. The number of amides is 1. The van der Waals surface area contributed by atoms with Crippen LogP contribution in [0.1, 0.15) is 44.9 Å². The Morgan fingerprint density at radius 2 is 1.78 bits per heavy atom. The van der Waals surface area contributed by atoms with Crippen LogP contribution < -0.4 is 11.1 Å². The van der Waals surface area contributed by atoms with E-state index in [1.807, 2.05) is 0 Å². The lowest BCUT2D eigenvalue weighted by molar-refractivity contribution is -0.125. The van der Waals surface area contributed by atoms with Gasteiger partial charge in [-0.25, -0.2) is 0 Å². The third-order valence-corrected chi connectivity index (χ3v) is 4.28. The van der Waals surface area contributed by atoms with Crippen molar-refractivity contribution in [3.8, 4) is 0 Å². The summed E-state index contributed by atoms with van der Waals surface area (Å²) in [6, 6.07) is 0. The molecule has 1 aliphatic carbocycles. The molecule has 0 aromatic rings. The van der Waals surface area contributed by atoms with Gasteiger partial charge < -0.3 is 11.1 Å². The lowest BCUT2D eigenvalue weighted by Gasteiger charge is -2.30. The van der Waals surface area contributed by atoms with Gasteiger partial charge in [0, 0.05) is 0 Å². The molecule has 1 fully saturated rings. The van der Waals surface area contributed by atoms with E-state index in [0.29, 0.717) is 19.4 Å². The van der Waals surface area contributed by atoms with Gasteiger partial charge in [0.2, 0.25) is 5.91 Å². The van der Waals surface area contributed by atoms with Gasteiger partial charge >= 0.3 is 0 Å². The van der Waals surface area contributed by atoms with Crippen molar-refractivity contribution < 1.29 is 17.8 Å². The normalized spacial score (nSPS) is 20.3. The van der Waals surface area contributed by atoms with Crippen LogP contribution in [0.2, 0.25) is 0 Å². The maximum atomic E-state index is 11.6.